The van der Waals surface area contributed by atoms with Gasteiger partial charge < -0.3 is 4.74 Å². The highest BCUT2D eigenvalue weighted by Crippen LogP contribution is 2.28. The molecule has 0 aliphatic rings. The van der Waals surface area contributed by atoms with Crippen LogP contribution in [0.1, 0.15) is 6.42 Å². The fourth-order valence-electron chi connectivity index (χ4n) is 1.32. The average molecular weight is 333 g/mol. The Morgan fingerprint density at radius 1 is 1.50 bits per heavy atom. The Morgan fingerprint density at radius 3 is 2.67 bits per heavy atom. The number of hydrogen-bond acceptors (Lipinski definition) is 4. The molecule has 0 aromatic heterocycles. The zero-order valence-corrected chi connectivity index (χ0v) is 12.5. The van der Waals surface area contributed by atoms with Crippen LogP contribution in [0.4, 0.5) is 0 Å². The van der Waals surface area contributed by atoms with E-state index in [1.54, 1.807) is 6.07 Å². The van der Waals surface area contributed by atoms with Crippen LogP contribution < -0.4 is 4.74 Å². The number of benzene rings is 1. The van der Waals surface area contributed by atoms with Crippen LogP contribution in [0, 0.1) is 11.3 Å². The summed E-state index contributed by atoms with van der Waals surface area (Å²) in [5.41, 5.74) is 0. The lowest BCUT2D eigenvalue weighted by atomic mass is 10.3. The van der Waals surface area contributed by atoms with Gasteiger partial charge in [-0.1, -0.05) is 0 Å². The van der Waals surface area contributed by atoms with E-state index in [0.29, 0.717) is 10.2 Å². The van der Waals surface area contributed by atoms with Gasteiger partial charge in [0.2, 0.25) is 10.0 Å². The topological polar surface area (TPSA) is 70.4 Å². The molecule has 0 fully saturated rings. The van der Waals surface area contributed by atoms with Crippen molar-refractivity contribution in [3.63, 3.8) is 0 Å². The van der Waals surface area contributed by atoms with Gasteiger partial charge in [-0.3, -0.25) is 0 Å². The molecule has 1 aromatic carbocycles. The monoisotopic (exact) mass is 332 g/mol. The molecule has 1 aromatic rings. The molecule has 98 valence electrons. The van der Waals surface area contributed by atoms with Crippen molar-refractivity contribution in [1.82, 2.24) is 4.31 Å². The molecule has 0 aliphatic heterocycles. The summed E-state index contributed by atoms with van der Waals surface area (Å²) in [6.45, 7) is 0.169. The number of hydrogen-bond donors (Lipinski definition) is 0. The van der Waals surface area contributed by atoms with Gasteiger partial charge in [-0.25, -0.2) is 8.42 Å². The highest BCUT2D eigenvalue weighted by atomic mass is 79.9. The summed E-state index contributed by atoms with van der Waals surface area (Å²) in [5.74, 6) is 0.564. The number of methoxy groups -OCH3 is 1. The van der Waals surface area contributed by atoms with E-state index in [4.69, 9.17) is 10.00 Å². The summed E-state index contributed by atoms with van der Waals surface area (Å²) >= 11 is 3.24. The summed E-state index contributed by atoms with van der Waals surface area (Å²) in [4.78, 5) is 0.163. The normalized spacial score (nSPS) is 11.3. The molecule has 0 N–H and O–H groups in total. The Kier molecular flexibility index (Phi) is 5.14. The quantitative estimate of drug-likeness (QED) is 0.826. The minimum Gasteiger partial charge on any atom is -0.496 e. The van der Waals surface area contributed by atoms with E-state index < -0.39 is 10.0 Å². The fourth-order valence-corrected chi connectivity index (χ4v) is 3.21. The Morgan fingerprint density at radius 2 is 2.17 bits per heavy atom. The van der Waals surface area contributed by atoms with E-state index in [1.807, 2.05) is 6.07 Å². The summed E-state index contributed by atoms with van der Waals surface area (Å²) in [5, 5.41) is 8.47. The molecule has 0 spiro atoms. The maximum absolute atomic E-state index is 12.1. The maximum Gasteiger partial charge on any atom is 0.242 e. The number of nitrogens with zero attached hydrogens (tertiary/aromatic N) is 2. The highest BCUT2D eigenvalue weighted by Gasteiger charge is 2.21. The van der Waals surface area contributed by atoms with E-state index in [2.05, 4.69) is 15.9 Å². The van der Waals surface area contributed by atoms with Gasteiger partial charge in [0.25, 0.3) is 0 Å². The van der Waals surface area contributed by atoms with E-state index in [-0.39, 0.29) is 17.9 Å². The van der Waals surface area contributed by atoms with Crippen LogP contribution in [-0.4, -0.2) is 33.4 Å². The highest BCUT2D eigenvalue weighted by molar-refractivity contribution is 9.10. The molecule has 0 saturated carbocycles. The standard InChI is InChI=1S/C11H13BrN2O3S/c1-14(7-3-6-13)18(15,16)9-4-5-11(17-2)10(12)8-9/h4-5,8H,3,7H2,1-2H3. The smallest absolute Gasteiger partial charge is 0.242 e. The number of ether oxygens (including phenoxy) is 1. The molecular weight excluding hydrogens is 320 g/mol. The molecule has 0 amide bonds. The molecule has 7 heteroatoms. The van der Waals surface area contributed by atoms with Crippen molar-refractivity contribution >= 4 is 26.0 Å². The lowest BCUT2D eigenvalue weighted by molar-refractivity contribution is 0.411. The third-order valence-corrected chi connectivity index (χ3v) is 4.84. The van der Waals surface area contributed by atoms with E-state index >= 15 is 0 Å². The number of sulfonamides is 1. The Bertz CT molecular complexity index is 566. The first-order valence-electron chi connectivity index (χ1n) is 5.10. The van der Waals surface area contributed by atoms with Crippen LogP contribution in [0.25, 0.3) is 0 Å². The number of nitriles is 1. The van der Waals surface area contributed by atoms with E-state index in [9.17, 15) is 8.42 Å². The molecule has 5 nitrogen and oxygen atoms in total. The largest absolute Gasteiger partial charge is 0.496 e. The van der Waals surface area contributed by atoms with Gasteiger partial charge in [0, 0.05) is 20.0 Å². The molecule has 0 heterocycles. The predicted molar refractivity (Wildman–Crippen MR) is 70.7 cm³/mol. The molecule has 1 rings (SSSR count). The van der Waals surface area contributed by atoms with Gasteiger partial charge in [-0.15, -0.1) is 0 Å². The van der Waals surface area contributed by atoms with Crippen molar-refractivity contribution in [2.24, 2.45) is 0 Å². The SMILES string of the molecule is COc1ccc(S(=O)(=O)N(C)CCC#N)cc1Br. The summed E-state index contributed by atoms with van der Waals surface area (Å²) in [6.07, 6.45) is 0.160. The van der Waals surface area contributed by atoms with Crippen molar-refractivity contribution in [3.05, 3.63) is 22.7 Å². The number of rotatable bonds is 5. The first-order chi connectivity index (χ1) is 8.43. The van der Waals surface area contributed by atoms with Gasteiger partial charge in [0.05, 0.1) is 22.5 Å². The van der Waals surface area contributed by atoms with Gasteiger partial charge in [-0.05, 0) is 34.1 Å². The minimum atomic E-state index is -3.56. The van der Waals surface area contributed by atoms with E-state index in [0.717, 1.165) is 4.31 Å². The zero-order chi connectivity index (χ0) is 13.8. The molecular formula is C11H13BrN2O3S. The van der Waals surface area contributed by atoms with Gasteiger partial charge in [0.1, 0.15) is 5.75 Å². The molecule has 18 heavy (non-hydrogen) atoms. The van der Waals surface area contributed by atoms with Crippen molar-refractivity contribution < 1.29 is 13.2 Å². The van der Waals surface area contributed by atoms with Crippen molar-refractivity contribution in [1.29, 1.82) is 5.26 Å². The zero-order valence-electron chi connectivity index (χ0n) is 10.1. The van der Waals surface area contributed by atoms with Crippen molar-refractivity contribution in [2.45, 2.75) is 11.3 Å². The molecule has 0 bridgehead atoms. The first kappa shape index (κ1) is 15.0. The first-order valence-corrected chi connectivity index (χ1v) is 7.33. The summed E-state index contributed by atoms with van der Waals surface area (Å²) in [7, 11) is -0.606. The fraction of sp³-hybridized carbons (Fsp3) is 0.364. The van der Waals surface area contributed by atoms with Gasteiger partial charge >= 0.3 is 0 Å². The predicted octanol–water partition coefficient (Wildman–Crippen LogP) is 1.99. The average Bonchev–Trinajstić information content (AvgIpc) is 2.35. The molecule has 0 unspecified atom stereocenters. The van der Waals surface area contributed by atoms with Crippen molar-refractivity contribution in [3.8, 4) is 11.8 Å². The molecule has 0 radical (unpaired) electrons. The summed E-state index contributed by atoms with van der Waals surface area (Å²) in [6, 6.07) is 6.45. The lowest BCUT2D eigenvalue weighted by Crippen LogP contribution is -2.27. The van der Waals surface area contributed by atoms with Crippen LogP contribution >= 0.6 is 15.9 Å². The molecule has 0 atom stereocenters. The number of halogens is 1. The minimum absolute atomic E-state index is 0.160. The Hall–Kier alpha value is -1.10. The molecule has 0 aliphatic carbocycles. The Balaban J connectivity index is 3.06. The molecule has 0 saturated heterocycles. The van der Waals surface area contributed by atoms with Crippen LogP contribution in [-0.2, 0) is 10.0 Å². The summed E-state index contributed by atoms with van der Waals surface area (Å²) < 4.78 is 31.1. The van der Waals surface area contributed by atoms with Crippen LogP contribution in [0.5, 0.6) is 5.75 Å². The van der Waals surface area contributed by atoms with Crippen LogP contribution in [0.2, 0.25) is 0 Å². The van der Waals surface area contributed by atoms with Crippen LogP contribution in [0.15, 0.2) is 27.6 Å². The van der Waals surface area contributed by atoms with Crippen LogP contribution in [0.3, 0.4) is 0 Å². The van der Waals surface area contributed by atoms with Gasteiger partial charge in [0.15, 0.2) is 0 Å². The Labute approximate surface area is 115 Å². The second-order valence-electron chi connectivity index (χ2n) is 3.53. The van der Waals surface area contributed by atoms with E-state index in [1.165, 1.54) is 26.3 Å². The van der Waals surface area contributed by atoms with Crippen molar-refractivity contribution in [2.75, 3.05) is 20.7 Å². The third-order valence-electron chi connectivity index (χ3n) is 2.37. The lowest BCUT2D eigenvalue weighted by Gasteiger charge is -2.16. The van der Waals surface area contributed by atoms with Gasteiger partial charge in [-0.2, -0.15) is 9.57 Å². The second-order valence-corrected chi connectivity index (χ2v) is 6.43. The second kappa shape index (κ2) is 6.18. The third kappa shape index (κ3) is 3.22. The maximum atomic E-state index is 12.1.